The van der Waals surface area contributed by atoms with E-state index in [1.165, 1.54) is 0 Å². The van der Waals surface area contributed by atoms with Crippen LogP contribution in [0.1, 0.15) is 71.6 Å². The SMILES string of the molecule is CNCCCON=C1CC[C@@]2(C)C(C1)C/C(=N\O)[C@@H]1[C@@H]2CC[C@]2(C)C(=O)CC[C@@H]12.O=C(O)/C=C/C(=O)O. The summed E-state index contributed by atoms with van der Waals surface area (Å²) in [5.74, 6) is -0.511. The highest BCUT2D eigenvalue weighted by atomic mass is 16.6. The highest BCUT2D eigenvalue weighted by Gasteiger charge is 2.62. The third-order valence-corrected chi connectivity index (χ3v) is 9.39. The van der Waals surface area contributed by atoms with Crippen molar-refractivity contribution in [1.82, 2.24) is 5.32 Å². The van der Waals surface area contributed by atoms with Gasteiger partial charge in [-0.15, -0.1) is 0 Å². The first kappa shape index (κ1) is 28.8. The number of fused-ring (bicyclic) bond motifs is 5. The molecule has 4 saturated carbocycles. The van der Waals surface area contributed by atoms with Crippen LogP contribution in [-0.2, 0) is 19.2 Å². The normalized spacial score (nSPS) is 36.9. The molecule has 0 bridgehead atoms. The minimum Gasteiger partial charge on any atom is -0.478 e. The van der Waals surface area contributed by atoms with Crippen molar-refractivity contribution in [2.24, 2.45) is 44.8 Å². The number of carboxylic acids is 2. The molecule has 206 valence electrons. The largest absolute Gasteiger partial charge is 0.478 e. The summed E-state index contributed by atoms with van der Waals surface area (Å²) in [4.78, 5) is 37.3. The summed E-state index contributed by atoms with van der Waals surface area (Å²) < 4.78 is 0. The van der Waals surface area contributed by atoms with Crippen molar-refractivity contribution >= 4 is 29.1 Å². The number of carbonyl (C=O) groups is 3. The zero-order valence-electron chi connectivity index (χ0n) is 22.1. The van der Waals surface area contributed by atoms with Crippen LogP contribution in [0.3, 0.4) is 0 Å². The molecular weight excluding hydrogens is 478 g/mol. The van der Waals surface area contributed by atoms with Crippen LogP contribution in [0.4, 0.5) is 0 Å². The number of hydrogen-bond acceptors (Lipinski definition) is 8. The molecule has 0 spiro atoms. The van der Waals surface area contributed by atoms with Gasteiger partial charge in [-0.25, -0.2) is 9.59 Å². The van der Waals surface area contributed by atoms with Gasteiger partial charge in [0.25, 0.3) is 0 Å². The van der Waals surface area contributed by atoms with Gasteiger partial charge in [-0.3, -0.25) is 4.79 Å². The van der Waals surface area contributed by atoms with Gasteiger partial charge in [-0.05, 0) is 88.1 Å². The molecule has 37 heavy (non-hydrogen) atoms. The van der Waals surface area contributed by atoms with Crippen molar-refractivity contribution < 1.29 is 34.6 Å². The van der Waals surface area contributed by atoms with Gasteiger partial charge in [0.05, 0.1) is 11.4 Å². The van der Waals surface area contributed by atoms with Crippen LogP contribution in [0.15, 0.2) is 22.5 Å². The molecule has 4 N–H and O–H groups in total. The predicted molar refractivity (Wildman–Crippen MR) is 138 cm³/mol. The van der Waals surface area contributed by atoms with E-state index in [4.69, 9.17) is 15.1 Å². The second kappa shape index (κ2) is 12.2. The molecule has 0 amide bonds. The summed E-state index contributed by atoms with van der Waals surface area (Å²) in [5, 5.41) is 36.9. The number of nitrogens with zero attached hydrogens (tertiary/aromatic N) is 2. The van der Waals surface area contributed by atoms with E-state index >= 15 is 0 Å². The zero-order valence-corrected chi connectivity index (χ0v) is 22.1. The summed E-state index contributed by atoms with van der Waals surface area (Å²) >= 11 is 0. The molecule has 0 aromatic heterocycles. The molecular formula is C27H41N3O7. The summed E-state index contributed by atoms with van der Waals surface area (Å²) in [5.41, 5.74) is 2.13. The van der Waals surface area contributed by atoms with Crippen molar-refractivity contribution in [1.29, 1.82) is 0 Å². The van der Waals surface area contributed by atoms with Crippen LogP contribution in [0.25, 0.3) is 0 Å². The van der Waals surface area contributed by atoms with E-state index in [0.29, 0.717) is 48.7 Å². The highest BCUT2D eigenvalue weighted by Crippen LogP contribution is 2.64. The Morgan fingerprint density at radius 1 is 1.08 bits per heavy atom. The number of oxime groups is 2. The molecule has 4 aliphatic rings. The molecule has 10 heteroatoms. The van der Waals surface area contributed by atoms with Crippen molar-refractivity contribution in [3.63, 3.8) is 0 Å². The van der Waals surface area contributed by atoms with Crippen LogP contribution in [0, 0.1) is 34.5 Å². The molecule has 1 unspecified atom stereocenters. The molecule has 0 radical (unpaired) electrons. The van der Waals surface area contributed by atoms with Gasteiger partial charge in [-0.2, -0.15) is 0 Å². The third-order valence-electron chi connectivity index (χ3n) is 9.39. The summed E-state index contributed by atoms with van der Waals surface area (Å²) in [6.45, 7) is 6.21. The fourth-order valence-electron chi connectivity index (χ4n) is 7.32. The maximum absolute atomic E-state index is 12.6. The number of hydrogen-bond donors (Lipinski definition) is 4. The molecule has 4 rings (SSSR count). The summed E-state index contributed by atoms with van der Waals surface area (Å²) in [6.07, 6.45) is 9.68. The zero-order chi connectivity index (χ0) is 27.2. The molecule has 0 heterocycles. The quantitative estimate of drug-likeness (QED) is 0.171. The maximum atomic E-state index is 12.6. The van der Waals surface area contributed by atoms with Crippen molar-refractivity contribution in [3.05, 3.63) is 12.2 Å². The van der Waals surface area contributed by atoms with E-state index in [2.05, 4.69) is 29.5 Å². The number of carbonyl (C=O) groups excluding carboxylic acids is 1. The number of Topliss-reactive ketones (excluding diaryl/α,β-unsaturated/α-hetero) is 1. The molecule has 4 aliphatic carbocycles. The van der Waals surface area contributed by atoms with Gasteiger partial charge < -0.3 is 25.6 Å². The molecule has 4 fully saturated rings. The first-order valence-electron chi connectivity index (χ1n) is 13.3. The van der Waals surface area contributed by atoms with Crippen LogP contribution < -0.4 is 5.32 Å². The van der Waals surface area contributed by atoms with Crippen molar-refractivity contribution in [2.75, 3.05) is 20.2 Å². The lowest BCUT2D eigenvalue weighted by molar-refractivity contribution is -0.134. The molecule has 0 aromatic rings. The van der Waals surface area contributed by atoms with E-state index in [0.717, 1.165) is 69.3 Å². The van der Waals surface area contributed by atoms with E-state index in [-0.39, 0.29) is 16.7 Å². The first-order chi connectivity index (χ1) is 17.6. The molecule has 0 aliphatic heterocycles. The standard InChI is InChI=1S/C23H37N3O3.C4H4O4/c1-22-9-7-16(26-29-12-4-11-24-3)13-15(22)14-19(25-28)21-17-5-6-20(27)23(17,2)10-8-18(21)22;5-3(6)1-2-4(7)8/h15,17-18,21,24,28H,4-14H2,1-3H3;1-2H,(H,5,6)(H,7,8)/b25-19+,26-16?;2-1+/t15?,17-,18-,21-,22-,23-;/m0./s1. The average Bonchev–Trinajstić information content (AvgIpc) is 3.17. The Morgan fingerprint density at radius 3 is 2.41 bits per heavy atom. The van der Waals surface area contributed by atoms with E-state index in [1.807, 2.05) is 7.05 Å². The highest BCUT2D eigenvalue weighted by molar-refractivity contribution is 5.94. The third kappa shape index (κ3) is 6.22. The lowest BCUT2D eigenvalue weighted by Gasteiger charge is -2.59. The first-order valence-corrected chi connectivity index (χ1v) is 13.3. The number of aliphatic carboxylic acids is 2. The monoisotopic (exact) mass is 519 g/mol. The second-order valence-electron chi connectivity index (χ2n) is 11.3. The van der Waals surface area contributed by atoms with Crippen LogP contribution in [0.2, 0.25) is 0 Å². The molecule has 10 nitrogen and oxygen atoms in total. The maximum Gasteiger partial charge on any atom is 0.328 e. The number of nitrogens with one attached hydrogen (secondary N) is 1. The van der Waals surface area contributed by atoms with Crippen LogP contribution in [-0.4, -0.2) is 64.8 Å². The fraction of sp³-hybridized carbons (Fsp3) is 0.741. The van der Waals surface area contributed by atoms with E-state index < -0.39 is 11.9 Å². The van der Waals surface area contributed by atoms with Gasteiger partial charge in [0.15, 0.2) is 0 Å². The molecule has 6 atom stereocenters. The van der Waals surface area contributed by atoms with Crippen LogP contribution >= 0.6 is 0 Å². The Bertz CT molecular complexity index is 946. The Hall–Kier alpha value is -2.75. The molecule has 0 aromatic carbocycles. The second-order valence-corrected chi connectivity index (χ2v) is 11.3. The van der Waals surface area contributed by atoms with Gasteiger partial charge in [0.2, 0.25) is 0 Å². The minimum atomic E-state index is -1.26. The van der Waals surface area contributed by atoms with Crippen molar-refractivity contribution in [3.8, 4) is 0 Å². The Kier molecular flexibility index (Phi) is 9.50. The Balaban J connectivity index is 0.000000414. The lowest BCUT2D eigenvalue weighted by Crippen LogP contribution is -2.57. The van der Waals surface area contributed by atoms with Gasteiger partial charge in [-0.1, -0.05) is 24.2 Å². The van der Waals surface area contributed by atoms with Gasteiger partial charge in [0.1, 0.15) is 12.4 Å². The van der Waals surface area contributed by atoms with Crippen LogP contribution in [0.5, 0.6) is 0 Å². The topological polar surface area (TPSA) is 158 Å². The summed E-state index contributed by atoms with van der Waals surface area (Å²) in [6, 6.07) is 0. The van der Waals surface area contributed by atoms with Gasteiger partial charge >= 0.3 is 11.9 Å². The van der Waals surface area contributed by atoms with E-state index in [1.54, 1.807) is 0 Å². The molecule has 0 saturated heterocycles. The van der Waals surface area contributed by atoms with Crippen molar-refractivity contribution in [2.45, 2.75) is 71.6 Å². The number of ketones is 1. The predicted octanol–water partition coefficient (Wildman–Crippen LogP) is 3.73. The average molecular weight is 520 g/mol. The number of carboxylic acid groups (broad SMARTS) is 2. The smallest absolute Gasteiger partial charge is 0.328 e. The van der Waals surface area contributed by atoms with Gasteiger partial charge in [0, 0.05) is 29.9 Å². The Morgan fingerprint density at radius 2 is 1.78 bits per heavy atom. The fourth-order valence-corrected chi connectivity index (χ4v) is 7.32. The minimum absolute atomic E-state index is 0.206. The lowest BCUT2D eigenvalue weighted by atomic mass is 9.45. The number of rotatable bonds is 7. The Labute approximate surface area is 218 Å². The van der Waals surface area contributed by atoms with E-state index in [9.17, 15) is 19.6 Å². The summed E-state index contributed by atoms with van der Waals surface area (Å²) in [7, 11) is 1.94.